The number of carbonyl (C=O) groups is 4. The molecule has 0 bridgehead atoms. The molecular formula is C16H22O8. The van der Waals surface area contributed by atoms with Gasteiger partial charge in [-0.25, -0.2) is 0 Å². The van der Waals surface area contributed by atoms with E-state index in [-0.39, 0.29) is 12.8 Å². The van der Waals surface area contributed by atoms with Crippen LogP contribution in [0.5, 0.6) is 0 Å². The largest absolute Gasteiger partial charge is 0.481 e. The summed E-state index contributed by atoms with van der Waals surface area (Å²) in [6.45, 7) is 1.91. The van der Waals surface area contributed by atoms with E-state index in [9.17, 15) is 39.6 Å². The molecule has 0 amide bonds. The molecule has 4 N–H and O–H groups in total. The average Bonchev–Trinajstić information content (AvgIpc) is 2.45. The van der Waals surface area contributed by atoms with E-state index in [1.807, 2.05) is 6.92 Å². The second kappa shape index (κ2) is 6.41. The lowest BCUT2D eigenvalue weighted by atomic mass is 9.38. The van der Waals surface area contributed by atoms with Gasteiger partial charge in [-0.1, -0.05) is 19.8 Å². The molecule has 6 atom stereocenters. The zero-order valence-corrected chi connectivity index (χ0v) is 13.3. The van der Waals surface area contributed by atoms with Crippen LogP contribution in [0.1, 0.15) is 39.0 Å². The molecule has 2 rings (SSSR count). The second-order valence-corrected chi connectivity index (χ2v) is 6.95. The minimum Gasteiger partial charge on any atom is -0.481 e. The van der Waals surface area contributed by atoms with Crippen LogP contribution in [0.4, 0.5) is 0 Å². The maximum atomic E-state index is 11.7. The monoisotopic (exact) mass is 342 g/mol. The van der Waals surface area contributed by atoms with Crippen LogP contribution in [0.3, 0.4) is 0 Å². The second-order valence-electron chi connectivity index (χ2n) is 6.95. The van der Waals surface area contributed by atoms with Gasteiger partial charge in [-0.2, -0.15) is 0 Å². The van der Waals surface area contributed by atoms with E-state index in [1.54, 1.807) is 0 Å². The molecule has 0 saturated heterocycles. The number of fused-ring (bicyclic) bond motifs is 1. The summed E-state index contributed by atoms with van der Waals surface area (Å²) in [5.41, 5.74) is -0.945. The van der Waals surface area contributed by atoms with Gasteiger partial charge < -0.3 is 20.4 Å². The molecule has 0 radical (unpaired) electrons. The summed E-state index contributed by atoms with van der Waals surface area (Å²) in [7, 11) is 0. The summed E-state index contributed by atoms with van der Waals surface area (Å²) in [6.07, 6.45) is 1.63. The fourth-order valence-electron chi connectivity index (χ4n) is 4.90. The Morgan fingerprint density at radius 3 is 1.92 bits per heavy atom. The van der Waals surface area contributed by atoms with Crippen molar-refractivity contribution in [2.75, 3.05) is 0 Å². The maximum absolute atomic E-state index is 11.7. The Labute approximate surface area is 138 Å². The van der Waals surface area contributed by atoms with E-state index < -0.39 is 58.9 Å². The Morgan fingerprint density at radius 2 is 1.50 bits per heavy atom. The van der Waals surface area contributed by atoms with E-state index in [0.29, 0.717) is 12.8 Å². The number of aliphatic carboxylic acids is 4. The summed E-state index contributed by atoms with van der Waals surface area (Å²) in [5.74, 6) is -10.3. The molecule has 0 spiro atoms. The highest BCUT2D eigenvalue weighted by atomic mass is 16.4. The summed E-state index contributed by atoms with van der Waals surface area (Å²) in [5, 5.41) is 37.7. The number of carboxylic acids is 4. The standard InChI is InChI=1S/C16H22O8/c1-2-3-4-16-6-8(13(19)20)7(12(17)18)5-9(16)10(14(21)22)11(16)15(23)24/h7-11H,2-6H2,1H3,(H,17,18)(H,19,20)(H,21,22)(H,23,24). The third kappa shape index (κ3) is 2.63. The fraction of sp³-hybridized carbons (Fsp3) is 0.750. The van der Waals surface area contributed by atoms with Gasteiger partial charge in [-0.3, -0.25) is 19.2 Å². The summed E-state index contributed by atoms with van der Waals surface area (Å²) < 4.78 is 0. The molecule has 0 aliphatic heterocycles. The Morgan fingerprint density at radius 1 is 0.917 bits per heavy atom. The number of hydrogen-bond acceptors (Lipinski definition) is 4. The molecule has 2 aliphatic carbocycles. The van der Waals surface area contributed by atoms with Crippen molar-refractivity contribution in [2.24, 2.45) is 35.0 Å². The summed E-state index contributed by atoms with van der Waals surface area (Å²) >= 11 is 0. The number of rotatable bonds is 7. The molecule has 2 saturated carbocycles. The molecule has 2 aliphatic rings. The van der Waals surface area contributed by atoms with E-state index >= 15 is 0 Å². The molecule has 6 unspecified atom stereocenters. The maximum Gasteiger partial charge on any atom is 0.307 e. The first-order valence-corrected chi connectivity index (χ1v) is 8.08. The van der Waals surface area contributed by atoms with Gasteiger partial charge in [-0.05, 0) is 30.6 Å². The summed E-state index contributed by atoms with van der Waals surface area (Å²) in [6, 6.07) is 0. The van der Waals surface area contributed by atoms with Crippen molar-refractivity contribution >= 4 is 23.9 Å². The fourth-order valence-corrected chi connectivity index (χ4v) is 4.90. The van der Waals surface area contributed by atoms with Crippen LogP contribution in [0, 0.1) is 35.0 Å². The third-order valence-electron chi connectivity index (χ3n) is 5.93. The Bertz CT molecular complexity index is 558. The van der Waals surface area contributed by atoms with Crippen LogP contribution >= 0.6 is 0 Å². The first-order chi connectivity index (χ1) is 11.2. The lowest BCUT2D eigenvalue weighted by Gasteiger charge is -2.62. The van der Waals surface area contributed by atoms with Crippen molar-refractivity contribution in [3.05, 3.63) is 0 Å². The molecular weight excluding hydrogens is 320 g/mol. The quantitative estimate of drug-likeness (QED) is 0.542. The van der Waals surface area contributed by atoms with Crippen molar-refractivity contribution in [1.29, 1.82) is 0 Å². The summed E-state index contributed by atoms with van der Waals surface area (Å²) in [4.78, 5) is 46.2. The van der Waals surface area contributed by atoms with Crippen LogP contribution in [-0.2, 0) is 19.2 Å². The minimum absolute atomic E-state index is 0.0925. The number of unbranched alkanes of at least 4 members (excludes halogenated alkanes) is 1. The van der Waals surface area contributed by atoms with Gasteiger partial charge in [0.05, 0.1) is 23.7 Å². The minimum atomic E-state index is -1.27. The van der Waals surface area contributed by atoms with Gasteiger partial charge in [-0.15, -0.1) is 0 Å². The highest BCUT2D eigenvalue weighted by Crippen LogP contribution is 2.67. The highest BCUT2D eigenvalue weighted by Gasteiger charge is 2.70. The van der Waals surface area contributed by atoms with Crippen molar-refractivity contribution < 1.29 is 39.6 Å². The van der Waals surface area contributed by atoms with Crippen molar-refractivity contribution in [1.82, 2.24) is 0 Å². The molecule has 0 aromatic carbocycles. The Hall–Kier alpha value is -2.12. The molecule has 0 aromatic heterocycles. The van der Waals surface area contributed by atoms with Gasteiger partial charge in [0.1, 0.15) is 0 Å². The Balaban J connectivity index is 2.45. The van der Waals surface area contributed by atoms with Crippen LogP contribution in [-0.4, -0.2) is 44.3 Å². The van der Waals surface area contributed by atoms with Gasteiger partial charge in [0.15, 0.2) is 0 Å². The zero-order chi connectivity index (χ0) is 18.2. The van der Waals surface area contributed by atoms with Gasteiger partial charge in [0.2, 0.25) is 0 Å². The SMILES string of the molecule is CCCCC12CC(C(=O)O)C(C(=O)O)CC1C(C(=O)O)C2C(=O)O. The van der Waals surface area contributed by atoms with Crippen LogP contribution in [0.25, 0.3) is 0 Å². The lowest BCUT2D eigenvalue weighted by molar-refractivity contribution is -0.218. The molecule has 0 aromatic rings. The Kier molecular flexibility index (Phi) is 4.87. The molecule has 8 nitrogen and oxygen atoms in total. The van der Waals surface area contributed by atoms with Crippen LogP contribution < -0.4 is 0 Å². The van der Waals surface area contributed by atoms with Crippen molar-refractivity contribution in [3.63, 3.8) is 0 Å². The first-order valence-electron chi connectivity index (χ1n) is 8.08. The van der Waals surface area contributed by atoms with Crippen LogP contribution in [0.15, 0.2) is 0 Å². The lowest BCUT2D eigenvalue weighted by Crippen LogP contribution is -2.66. The van der Waals surface area contributed by atoms with E-state index in [1.165, 1.54) is 0 Å². The normalized spacial score (nSPS) is 37.8. The smallest absolute Gasteiger partial charge is 0.307 e. The average molecular weight is 342 g/mol. The van der Waals surface area contributed by atoms with Gasteiger partial charge in [0, 0.05) is 0 Å². The van der Waals surface area contributed by atoms with Gasteiger partial charge in [0.25, 0.3) is 0 Å². The third-order valence-corrected chi connectivity index (χ3v) is 5.93. The molecule has 2 fully saturated rings. The van der Waals surface area contributed by atoms with E-state index in [0.717, 1.165) is 6.42 Å². The molecule has 24 heavy (non-hydrogen) atoms. The van der Waals surface area contributed by atoms with Crippen LogP contribution in [0.2, 0.25) is 0 Å². The molecule has 0 heterocycles. The zero-order valence-electron chi connectivity index (χ0n) is 13.3. The van der Waals surface area contributed by atoms with Crippen molar-refractivity contribution in [3.8, 4) is 0 Å². The van der Waals surface area contributed by atoms with Gasteiger partial charge >= 0.3 is 23.9 Å². The molecule has 8 heteroatoms. The number of carboxylic acid groups (broad SMARTS) is 4. The topological polar surface area (TPSA) is 149 Å². The molecule has 134 valence electrons. The van der Waals surface area contributed by atoms with E-state index in [2.05, 4.69) is 0 Å². The first kappa shape index (κ1) is 18.2. The van der Waals surface area contributed by atoms with Crippen molar-refractivity contribution in [2.45, 2.75) is 39.0 Å². The highest BCUT2D eigenvalue weighted by molar-refractivity contribution is 5.86. The van der Waals surface area contributed by atoms with E-state index in [4.69, 9.17) is 0 Å². The predicted molar refractivity (Wildman–Crippen MR) is 79.2 cm³/mol. The predicted octanol–water partition coefficient (Wildman–Crippen LogP) is 1.39. The number of hydrogen-bond donors (Lipinski definition) is 4.